The first-order valence-electron chi connectivity index (χ1n) is 7.96. The first-order chi connectivity index (χ1) is 11.4. The first-order valence-corrected chi connectivity index (χ1v) is 7.96. The molecule has 1 saturated heterocycles. The number of rotatable bonds is 3. The number of carbonyl (C=O) groups is 1. The normalized spacial score (nSPS) is 15.2. The summed E-state index contributed by atoms with van der Waals surface area (Å²) >= 11 is 0. The van der Waals surface area contributed by atoms with Crippen LogP contribution in [0.15, 0.2) is 23.1 Å². The van der Waals surface area contributed by atoms with Crippen LogP contribution >= 0.6 is 0 Å². The van der Waals surface area contributed by atoms with Gasteiger partial charge in [-0.1, -0.05) is 0 Å². The summed E-state index contributed by atoms with van der Waals surface area (Å²) in [5.41, 5.74) is 0.0326. The number of hydrogen-bond acceptors (Lipinski definition) is 4. The van der Waals surface area contributed by atoms with Crippen LogP contribution in [0.4, 0.5) is 10.1 Å². The molecular formula is C17H21FKN3O3. The van der Waals surface area contributed by atoms with E-state index in [0.29, 0.717) is 30.8 Å². The topological polar surface area (TPSA) is 65.8 Å². The SMILES string of the molecule is CCn1cc(C(=O)O)c(=O)c2cc(F)c(N3CCN(C)CC3)cc21.[KH]. The fourth-order valence-electron chi connectivity index (χ4n) is 3.10. The van der Waals surface area contributed by atoms with Gasteiger partial charge >= 0.3 is 57.4 Å². The third-order valence-corrected chi connectivity index (χ3v) is 4.56. The molecule has 1 aromatic heterocycles. The van der Waals surface area contributed by atoms with Crippen LogP contribution in [0.1, 0.15) is 17.3 Å². The number of likely N-dealkylation sites (N-methyl/N-ethyl adjacent to an activating group) is 1. The van der Waals surface area contributed by atoms with Gasteiger partial charge in [-0.3, -0.25) is 4.79 Å². The van der Waals surface area contributed by atoms with Gasteiger partial charge in [0, 0.05) is 44.3 Å². The van der Waals surface area contributed by atoms with Gasteiger partial charge < -0.3 is 19.5 Å². The van der Waals surface area contributed by atoms with Gasteiger partial charge in [0.25, 0.3) is 0 Å². The second kappa shape index (κ2) is 8.28. The monoisotopic (exact) mass is 373 g/mol. The molecule has 8 heteroatoms. The zero-order valence-corrected chi connectivity index (χ0v) is 13.8. The van der Waals surface area contributed by atoms with E-state index in [-0.39, 0.29) is 62.3 Å². The van der Waals surface area contributed by atoms with Crippen LogP contribution < -0.4 is 10.3 Å². The quantitative estimate of drug-likeness (QED) is 0.812. The van der Waals surface area contributed by atoms with Crippen molar-refractivity contribution in [3.8, 4) is 0 Å². The second-order valence-electron chi connectivity index (χ2n) is 6.07. The third-order valence-electron chi connectivity index (χ3n) is 4.56. The molecule has 2 heterocycles. The maximum atomic E-state index is 14.6. The predicted molar refractivity (Wildman–Crippen MR) is 97.7 cm³/mol. The number of pyridine rings is 1. The van der Waals surface area contributed by atoms with E-state index in [0.717, 1.165) is 13.1 Å². The number of carboxylic acid groups (broad SMARTS) is 1. The van der Waals surface area contributed by atoms with Crippen LogP contribution in [-0.4, -0.2) is 105 Å². The van der Waals surface area contributed by atoms with Gasteiger partial charge in [-0.25, -0.2) is 9.18 Å². The number of carboxylic acids is 1. The van der Waals surface area contributed by atoms with Gasteiger partial charge in [0.05, 0.1) is 11.2 Å². The van der Waals surface area contributed by atoms with E-state index < -0.39 is 17.2 Å². The molecule has 130 valence electrons. The molecule has 0 bridgehead atoms. The Kier molecular flexibility index (Phi) is 6.80. The summed E-state index contributed by atoms with van der Waals surface area (Å²) in [7, 11) is 2.02. The molecule has 1 aliphatic rings. The van der Waals surface area contributed by atoms with Crippen molar-refractivity contribution in [1.82, 2.24) is 9.47 Å². The molecule has 0 saturated carbocycles. The van der Waals surface area contributed by atoms with E-state index in [1.807, 2.05) is 18.9 Å². The van der Waals surface area contributed by atoms with Crippen molar-refractivity contribution in [3.63, 3.8) is 0 Å². The van der Waals surface area contributed by atoms with E-state index in [2.05, 4.69) is 4.90 Å². The number of aryl methyl sites for hydroxylation is 1. The number of halogens is 1. The van der Waals surface area contributed by atoms with E-state index in [1.54, 1.807) is 10.6 Å². The number of fused-ring (bicyclic) bond motifs is 1. The summed E-state index contributed by atoms with van der Waals surface area (Å²) in [6.07, 6.45) is 1.33. The zero-order chi connectivity index (χ0) is 17.4. The maximum absolute atomic E-state index is 14.6. The molecule has 1 fully saturated rings. The van der Waals surface area contributed by atoms with Gasteiger partial charge in [-0.05, 0) is 26.1 Å². The van der Waals surface area contributed by atoms with Crippen LogP contribution in [-0.2, 0) is 6.54 Å². The van der Waals surface area contributed by atoms with Crippen LogP contribution in [0.5, 0.6) is 0 Å². The number of benzene rings is 1. The van der Waals surface area contributed by atoms with Gasteiger partial charge in [-0.15, -0.1) is 0 Å². The molecule has 1 N–H and O–H groups in total. The fourth-order valence-corrected chi connectivity index (χ4v) is 3.10. The van der Waals surface area contributed by atoms with Crippen molar-refractivity contribution in [1.29, 1.82) is 0 Å². The van der Waals surface area contributed by atoms with Crippen molar-refractivity contribution in [3.05, 3.63) is 39.9 Å². The van der Waals surface area contributed by atoms with E-state index in [1.165, 1.54) is 12.3 Å². The van der Waals surface area contributed by atoms with Crippen molar-refractivity contribution in [2.75, 3.05) is 38.1 Å². The van der Waals surface area contributed by atoms with Gasteiger partial charge in [0.1, 0.15) is 11.4 Å². The average Bonchev–Trinajstić information content (AvgIpc) is 2.56. The van der Waals surface area contributed by atoms with E-state index in [9.17, 15) is 19.1 Å². The third kappa shape index (κ3) is 3.99. The molecule has 0 radical (unpaired) electrons. The Labute approximate surface area is 187 Å². The molecule has 0 unspecified atom stereocenters. The zero-order valence-electron chi connectivity index (χ0n) is 13.8. The number of hydrogen-bond donors (Lipinski definition) is 1. The van der Waals surface area contributed by atoms with Crippen molar-refractivity contribution in [2.45, 2.75) is 13.5 Å². The summed E-state index contributed by atoms with van der Waals surface area (Å²) in [6, 6.07) is 2.83. The van der Waals surface area contributed by atoms with Crippen LogP contribution in [0.25, 0.3) is 10.9 Å². The number of aromatic carboxylic acids is 1. The molecule has 3 rings (SSSR count). The summed E-state index contributed by atoms with van der Waals surface area (Å²) < 4.78 is 16.3. The molecule has 25 heavy (non-hydrogen) atoms. The predicted octanol–water partition coefficient (Wildman–Crippen LogP) is 0.962. The minimum atomic E-state index is -1.30. The average molecular weight is 373 g/mol. The molecule has 0 aliphatic carbocycles. The van der Waals surface area contributed by atoms with Gasteiger partial charge in [0.2, 0.25) is 5.43 Å². The van der Waals surface area contributed by atoms with Crippen molar-refractivity contribution in [2.24, 2.45) is 0 Å². The molecular weight excluding hydrogens is 352 g/mol. The van der Waals surface area contributed by atoms with Crippen molar-refractivity contribution >= 4 is 73.9 Å². The van der Waals surface area contributed by atoms with E-state index in [4.69, 9.17) is 0 Å². The number of aromatic nitrogens is 1. The standard InChI is InChI=1S/C17H20FN3O3.K.H/c1-3-20-10-12(17(23)24)16(22)11-8-13(18)15(9-14(11)20)21-6-4-19(2)5-7-21;;/h8-10H,3-7H2,1-2H3,(H,23,24);;. The molecule has 0 amide bonds. The number of nitrogens with zero attached hydrogens (tertiary/aromatic N) is 3. The minimum absolute atomic E-state index is 0. The molecule has 6 nitrogen and oxygen atoms in total. The molecule has 0 atom stereocenters. The van der Waals surface area contributed by atoms with Crippen LogP contribution in [0, 0.1) is 5.82 Å². The van der Waals surface area contributed by atoms with Gasteiger partial charge in [0.15, 0.2) is 0 Å². The molecule has 1 aliphatic heterocycles. The van der Waals surface area contributed by atoms with Crippen molar-refractivity contribution < 1.29 is 14.3 Å². The summed E-state index contributed by atoms with van der Waals surface area (Å²) in [6.45, 7) is 5.45. The summed E-state index contributed by atoms with van der Waals surface area (Å²) in [4.78, 5) is 27.7. The number of anilines is 1. The Balaban J connectivity index is 0.00000225. The van der Waals surface area contributed by atoms with Crippen LogP contribution in [0.2, 0.25) is 0 Å². The summed E-state index contributed by atoms with van der Waals surface area (Å²) in [5, 5.41) is 9.28. The molecule has 2 aromatic rings. The number of piperazine rings is 1. The van der Waals surface area contributed by atoms with Crippen LogP contribution in [0.3, 0.4) is 0 Å². The van der Waals surface area contributed by atoms with Gasteiger partial charge in [-0.2, -0.15) is 0 Å². The Morgan fingerprint density at radius 2 is 1.88 bits per heavy atom. The Bertz CT molecular complexity index is 860. The van der Waals surface area contributed by atoms with E-state index >= 15 is 0 Å². The Morgan fingerprint density at radius 3 is 2.44 bits per heavy atom. The second-order valence-corrected chi connectivity index (χ2v) is 6.07. The molecule has 0 spiro atoms. The molecule has 1 aromatic carbocycles. The summed E-state index contributed by atoms with van der Waals surface area (Å²) in [5.74, 6) is -1.79. The first kappa shape index (κ1) is 20.5. The fraction of sp³-hybridized carbons (Fsp3) is 0.412. The Morgan fingerprint density at radius 1 is 1.24 bits per heavy atom. The Hall–Kier alpha value is -0.774.